The number of amides is 1. The Morgan fingerprint density at radius 2 is 1.97 bits per heavy atom. The van der Waals surface area contributed by atoms with Crippen molar-refractivity contribution >= 4 is 23.2 Å². The van der Waals surface area contributed by atoms with Gasteiger partial charge >= 0.3 is 5.97 Å². The lowest BCUT2D eigenvalue weighted by molar-refractivity contribution is -0.128. The topological polar surface area (TPSA) is 77.8 Å². The molecule has 1 saturated heterocycles. The van der Waals surface area contributed by atoms with Crippen LogP contribution in [0, 0.1) is 5.92 Å². The number of aromatic carboxylic acids is 1. The van der Waals surface area contributed by atoms with Gasteiger partial charge in [-0.05, 0) is 62.1 Å². The van der Waals surface area contributed by atoms with Gasteiger partial charge in [0.2, 0.25) is 5.91 Å². The highest BCUT2D eigenvalue weighted by Crippen LogP contribution is 2.23. The van der Waals surface area contributed by atoms with Gasteiger partial charge in [-0.15, -0.1) is 11.3 Å². The molecule has 1 aromatic carbocycles. The second-order valence-corrected chi connectivity index (χ2v) is 9.77. The standard InChI is InChI=1S/C26H33NO4S/c1-19(7-5-10-20-8-3-2-4-9-20)23(28)15-12-21-13-17-25(29)27(21)18-6-11-22-14-16-24(32-22)26(30)31/h2-4,8-9,12,14-16,19,21,23,28H,5-7,10-11,13,17-18H2,1H3,(H,30,31)/b15-12+/t19?,21-,23+/m0/s1. The summed E-state index contributed by atoms with van der Waals surface area (Å²) in [6, 6.07) is 13.9. The van der Waals surface area contributed by atoms with Crippen molar-refractivity contribution in [3.63, 3.8) is 0 Å². The summed E-state index contributed by atoms with van der Waals surface area (Å²) < 4.78 is 0. The van der Waals surface area contributed by atoms with Crippen molar-refractivity contribution in [2.24, 2.45) is 5.92 Å². The number of likely N-dealkylation sites (tertiary alicyclic amines) is 1. The first-order valence-electron chi connectivity index (χ1n) is 11.5. The van der Waals surface area contributed by atoms with Crippen LogP contribution in [0.15, 0.2) is 54.6 Å². The first-order chi connectivity index (χ1) is 15.4. The molecule has 32 heavy (non-hydrogen) atoms. The van der Waals surface area contributed by atoms with Crippen molar-refractivity contribution in [2.45, 2.75) is 64.0 Å². The lowest BCUT2D eigenvalue weighted by Gasteiger charge is -2.23. The zero-order chi connectivity index (χ0) is 22.9. The molecule has 0 bridgehead atoms. The number of hydrogen-bond donors (Lipinski definition) is 2. The highest BCUT2D eigenvalue weighted by atomic mass is 32.1. The number of carbonyl (C=O) groups excluding carboxylic acids is 1. The van der Waals surface area contributed by atoms with Crippen molar-refractivity contribution in [1.82, 2.24) is 4.90 Å². The van der Waals surface area contributed by atoms with E-state index in [2.05, 4.69) is 31.2 Å². The number of carboxylic acids is 1. The van der Waals surface area contributed by atoms with Crippen LogP contribution in [0.1, 0.15) is 59.1 Å². The van der Waals surface area contributed by atoms with Crippen molar-refractivity contribution in [3.05, 3.63) is 69.9 Å². The lowest BCUT2D eigenvalue weighted by atomic mass is 9.95. The average molecular weight is 456 g/mol. The molecule has 3 rings (SSSR count). The molecule has 1 aliphatic rings. The molecule has 5 nitrogen and oxygen atoms in total. The fraction of sp³-hybridized carbons (Fsp3) is 0.462. The number of thiophene rings is 1. The fourth-order valence-electron chi connectivity index (χ4n) is 4.17. The molecule has 6 heteroatoms. The molecular weight excluding hydrogens is 422 g/mol. The van der Waals surface area contributed by atoms with Crippen LogP contribution in [0.3, 0.4) is 0 Å². The van der Waals surface area contributed by atoms with E-state index in [0.717, 1.165) is 43.4 Å². The summed E-state index contributed by atoms with van der Waals surface area (Å²) in [5.74, 6) is -0.570. The Kier molecular flexibility index (Phi) is 9.06. The second-order valence-electron chi connectivity index (χ2n) is 8.60. The molecule has 1 amide bonds. The highest BCUT2D eigenvalue weighted by Gasteiger charge is 2.28. The van der Waals surface area contributed by atoms with Crippen LogP contribution in [0.4, 0.5) is 0 Å². The van der Waals surface area contributed by atoms with Gasteiger partial charge in [-0.3, -0.25) is 4.79 Å². The van der Waals surface area contributed by atoms with E-state index >= 15 is 0 Å². The van der Waals surface area contributed by atoms with Gasteiger partial charge < -0.3 is 15.1 Å². The van der Waals surface area contributed by atoms with Crippen molar-refractivity contribution in [3.8, 4) is 0 Å². The minimum Gasteiger partial charge on any atom is -0.477 e. The van der Waals surface area contributed by atoms with Crippen LogP contribution < -0.4 is 0 Å². The van der Waals surface area contributed by atoms with Crippen LogP contribution in [-0.4, -0.2) is 45.7 Å². The van der Waals surface area contributed by atoms with Gasteiger partial charge in [-0.1, -0.05) is 49.4 Å². The Labute approximate surface area is 194 Å². The number of carbonyl (C=O) groups is 2. The van der Waals surface area contributed by atoms with Gasteiger partial charge in [0.1, 0.15) is 4.88 Å². The molecule has 2 heterocycles. The summed E-state index contributed by atoms with van der Waals surface area (Å²) in [6.07, 6.45) is 9.25. The third-order valence-corrected chi connectivity index (χ3v) is 7.28. The maximum absolute atomic E-state index is 12.3. The third kappa shape index (κ3) is 7.04. The number of aliphatic hydroxyl groups excluding tert-OH is 1. The number of aryl methyl sites for hydroxylation is 2. The second kappa shape index (κ2) is 12.0. The molecule has 0 spiro atoms. The number of aliphatic hydroxyl groups is 1. The van der Waals surface area contributed by atoms with E-state index in [1.54, 1.807) is 6.07 Å². The number of carboxylic acid groups (broad SMARTS) is 1. The molecule has 1 aliphatic heterocycles. The van der Waals surface area contributed by atoms with E-state index in [0.29, 0.717) is 17.8 Å². The Morgan fingerprint density at radius 1 is 1.19 bits per heavy atom. The lowest BCUT2D eigenvalue weighted by Crippen LogP contribution is -2.33. The third-order valence-electron chi connectivity index (χ3n) is 6.15. The maximum Gasteiger partial charge on any atom is 0.345 e. The average Bonchev–Trinajstić information content (AvgIpc) is 3.40. The zero-order valence-corrected chi connectivity index (χ0v) is 19.5. The number of hydrogen-bond acceptors (Lipinski definition) is 4. The Bertz CT molecular complexity index is 908. The minimum atomic E-state index is -0.894. The van der Waals surface area contributed by atoms with Gasteiger partial charge in [-0.25, -0.2) is 4.79 Å². The van der Waals surface area contributed by atoms with E-state index in [1.165, 1.54) is 16.9 Å². The van der Waals surface area contributed by atoms with Crippen LogP contribution in [0.2, 0.25) is 0 Å². The highest BCUT2D eigenvalue weighted by molar-refractivity contribution is 7.13. The summed E-state index contributed by atoms with van der Waals surface area (Å²) in [7, 11) is 0. The van der Waals surface area contributed by atoms with Crippen LogP contribution in [0.5, 0.6) is 0 Å². The van der Waals surface area contributed by atoms with Crippen molar-refractivity contribution in [2.75, 3.05) is 6.54 Å². The zero-order valence-electron chi connectivity index (χ0n) is 18.7. The van der Waals surface area contributed by atoms with Gasteiger partial charge in [0.15, 0.2) is 0 Å². The maximum atomic E-state index is 12.3. The van der Waals surface area contributed by atoms with Crippen LogP contribution in [-0.2, 0) is 17.6 Å². The molecule has 0 radical (unpaired) electrons. The molecular formula is C26H33NO4S. The quantitative estimate of drug-likeness (QED) is 0.444. The molecule has 1 fully saturated rings. The van der Waals surface area contributed by atoms with Gasteiger partial charge in [0.05, 0.1) is 12.1 Å². The predicted octanol–water partition coefficient (Wildman–Crippen LogP) is 4.95. The summed E-state index contributed by atoms with van der Waals surface area (Å²) in [6.45, 7) is 2.72. The molecule has 2 aromatic rings. The summed E-state index contributed by atoms with van der Waals surface area (Å²) in [4.78, 5) is 26.6. The largest absolute Gasteiger partial charge is 0.477 e. The van der Waals surface area contributed by atoms with Crippen molar-refractivity contribution in [1.29, 1.82) is 0 Å². The van der Waals surface area contributed by atoms with E-state index in [4.69, 9.17) is 5.11 Å². The van der Waals surface area contributed by atoms with Gasteiger partial charge in [0, 0.05) is 17.8 Å². The van der Waals surface area contributed by atoms with E-state index in [1.807, 2.05) is 29.2 Å². The van der Waals surface area contributed by atoms with E-state index in [-0.39, 0.29) is 17.9 Å². The normalized spacial score (nSPS) is 18.4. The first-order valence-corrected chi connectivity index (χ1v) is 12.3. The monoisotopic (exact) mass is 455 g/mol. The summed E-state index contributed by atoms with van der Waals surface area (Å²) in [5.41, 5.74) is 1.33. The molecule has 1 unspecified atom stereocenters. The molecule has 0 saturated carbocycles. The summed E-state index contributed by atoms with van der Waals surface area (Å²) in [5, 5.41) is 19.6. The SMILES string of the molecule is CC(CCCc1ccccc1)[C@H](O)/C=C/[C@H]1CCC(=O)N1CCCc1ccc(C(=O)O)s1. The molecule has 0 aliphatic carbocycles. The molecule has 1 aromatic heterocycles. The molecule has 2 N–H and O–H groups in total. The van der Waals surface area contributed by atoms with Gasteiger partial charge in [0.25, 0.3) is 0 Å². The van der Waals surface area contributed by atoms with E-state index < -0.39 is 12.1 Å². The Balaban J connectivity index is 1.43. The Morgan fingerprint density at radius 3 is 2.69 bits per heavy atom. The molecule has 172 valence electrons. The van der Waals surface area contributed by atoms with Crippen LogP contribution in [0.25, 0.3) is 0 Å². The van der Waals surface area contributed by atoms with Crippen molar-refractivity contribution < 1.29 is 19.8 Å². The minimum absolute atomic E-state index is 0.0339. The first kappa shape index (κ1) is 24.2. The van der Waals surface area contributed by atoms with Crippen LogP contribution >= 0.6 is 11.3 Å². The summed E-state index contributed by atoms with van der Waals surface area (Å²) >= 11 is 1.30. The number of benzene rings is 1. The van der Waals surface area contributed by atoms with E-state index in [9.17, 15) is 14.7 Å². The number of rotatable bonds is 12. The fourth-order valence-corrected chi connectivity index (χ4v) is 5.06. The predicted molar refractivity (Wildman–Crippen MR) is 128 cm³/mol. The molecule has 3 atom stereocenters. The van der Waals surface area contributed by atoms with Gasteiger partial charge in [-0.2, -0.15) is 0 Å². The smallest absolute Gasteiger partial charge is 0.345 e. The Hall–Kier alpha value is -2.44. The number of nitrogens with zero attached hydrogens (tertiary/aromatic N) is 1.